The Balaban J connectivity index is 1.69. The molecule has 0 atom stereocenters. The number of para-hydroxylation sites is 1. The Bertz CT molecular complexity index is 896. The van der Waals surface area contributed by atoms with Crippen molar-refractivity contribution in [3.05, 3.63) is 59.5 Å². The average Bonchev–Trinajstić information content (AvgIpc) is 2.65. The molecule has 3 N–H and O–H groups in total. The first-order chi connectivity index (χ1) is 12.2. The normalized spacial score (nSPS) is 13.4. The number of halogens is 1. The van der Waals surface area contributed by atoms with Crippen molar-refractivity contribution >= 4 is 40.4 Å². The maximum absolute atomic E-state index is 6.37. The van der Waals surface area contributed by atoms with Crippen molar-refractivity contribution in [1.82, 2.24) is 15.0 Å². The summed E-state index contributed by atoms with van der Waals surface area (Å²) in [5.41, 5.74) is 9.32. The lowest BCUT2D eigenvalue weighted by molar-refractivity contribution is 0.759. The molecule has 7 heteroatoms. The monoisotopic (exact) mass is 352 g/mol. The predicted octanol–water partition coefficient (Wildman–Crippen LogP) is 3.94. The highest BCUT2D eigenvalue weighted by atomic mass is 35.5. The van der Waals surface area contributed by atoms with E-state index in [0.29, 0.717) is 28.2 Å². The number of fused-ring (bicyclic) bond motifs is 1. The van der Waals surface area contributed by atoms with Gasteiger partial charge >= 0.3 is 0 Å². The molecule has 126 valence electrons. The minimum atomic E-state index is 0.496. The number of hydrogen-bond acceptors (Lipinski definition) is 6. The number of nitrogens with one attached hydrogen (secondary N) is 1. The molecule has 0 radical (unpaired) electrons. The SMILES string of the molecule is Nc1c(Nc2ccc(Cl)cn2)ncnc1N1CCCc2ccccc21. The van der Waals surface area contributed by atoms with Gasteiger partial charge in [-0.2, -0.15) is 0 Å². The van der Waals surface area contributed by atoms with Gasteiger partial charge < -0.3 is 16.0 Å². The van der Waals surface area contributed by atoms with E-state index in [4.69, 9.17) is 17.3 Å². The molecule has 0 saturated heterocycles. The van der Waals surface area contributed by atoms with Gasteiger partial charge in [0.2, 0.25) is 0 Å². The zero-order chi connectivity index (χ0) is 17.2. The van der Waals surface area contributed by atoms with Gasteiger partial charge in [-0.1, -0.05) is 29.8 Å². The zero-order valence-corrected chi connectivity index (χ0v) is 14.2. The molecule has 0 saturated carbocycles. The number of anilines is 5. The van der Waals surface area contributed by atoms with Crippen LogP contribution in [0.2, 0.25) is 5.02 Å². The van der Waals surface area contributed by atoms with E-state index >= 15 is 0 Å². The van der Waals surface area contributed by atoms with E-state index in [1.807, 2.05) is 6.07 Å². The number of nitrogens with zero attached hydrogens (tertiary/aromatic N) is 4. The molecule has 0 unspecified atom stereocenters. The molecule has 2 aromatic heterocycles. The summed E-state index contributed by atoms with van der Waals surface area (Å²) in [6.45, 7) is 0.872. The van der Waals surface area contributed by atoms with E-state index in [-0.39, 0.29) is 0 Å². The maximum Gasteiger partial charge on any atom is 0.161 e. The van der Waals surface area contributed by atoms with Crippen molar-refractivity contribution in [2.24, 2.45) is 0 Å². The lowest BCUT2D eigenvalue weighted by Gasteiger charge is -2.31. The molecule has 0 amide bonds. The highest BCUT2D eigenvalue weighted by Crippen LogP contribution is 2.37. The van der Waals surface area contributed by atoms with E-state index in [0.717, 1.165) is 25.1 Å². The zero-order valence-electron chi connectivity index (χ0n) is 13.5. The second-order valence-corrected chi connectivity index (χ2v) is 6.27. The van der Waals surface area contributed by atoms with Crippen molar-refractivity contribution in [2.75, 3.05) is 22.5 Å². The fourth-order valence-electron chi connectivity index (χ4n) is 3.03. The Morgan fingerprint density at radius 2 is 1.96 bits per heavy atom. The highest BCUT2D eigenvalue weighted by Gasteiger charge is 2.22. The summed E-state index contributed by atoms with van der Waals surface area (Å²) in [7, 11) is 0. The number of aryl methyl sites for hydroxylation is 1. The predicted molar refractivity (Wildman–Crippen MR) is 101 cm³/mol. The summed E-state index contributed by atoms with van der Waals surface area (Å²) in [6.07, 6.45) is 5.21. The van der Waals surface area contributed by atoms with Gasteiger partial charge in [0.05, 0.1) is 5.02 Å². The van der Waals surface area contributed by atoms with Gasteiger partial charge in [0.15, 0.2) is 11.6 Å². The van der Waals surface area contributed by atoms with Gasteiger partial charge in [0, 0.05) is 18.4 Å². The van der Waals surface area contributed by atoms with Gasteiger partial charge in [-0.15, -0.1) is 0 Å². The number of rotatable bonds is 3. The summed E-state index contributed by atoms with van der Waals surface area (Å²) in [5, 5.41) is 3.71. The van der Waals surface area contributed by atoms with Crippen molar-refractivity contribution in [3.8, 4) is 0 Å². The first kappa shape index (κ1) is 15.7. The van der Waals surface area contributed by atoms with Crippen molar-refractivity contribution in [2.45, 2.75) is 12.8 Å². The van der Waals surface area contributed by atoms with Crippen LogP contribution in [0.5, 0.6) is 0 Å². The third kappa shape index (κ3) is 3.08. The highest BCUT2D eigenvalue weighted by molar-refractivity contribution is 6.30. The second-order valence-electron chi connectivity index (χ2n) is 5.83. The van der Waals surface area contributed by atoms with Crippen LogP contribution in [-0.2, 0) is 6.42 Å². The Morgan fingerprint density at radius 1 is 1.08 bits per heavy atom. The number of nitrogen functional groups attached to an aromatic ring is 1. The standard InChI is InChI=1S/C18H17ClN6/c19-13-7-8-15(21-10-13)24-17-16(20)18(23-11-22-17)25-9-3-5-12-4-1-2-6-14(12)25/h1-2,4,6-8,10-11H,3,5,9,20H2,(H,21,22,23,24). The van der Waals surface area contributed by atoms with Crippen LogP contribution in [0.15, 0.2) is 48.9 Å². The molecular weight excluding hydrogens is 336 g/mol. The van der Waals surface area contributed by atoms with Crippen LogP contribution in [0, 0.1) is 0 Å². The first-order valence-corrected chi connectivity index (χ1v) is 8.44. The average molecular weight is 353 g/mol. The number of hydrogen-bond donors (Lipinski definition) is 2. The van der Waals surface area contributed by atoms with Gasteiger partial charge in [0.1, 0.15) is 17.8 Å². The van der Waals surface area contributed by atoms with Gasteiger partial charge in [-0.05, 0) is 36.6 Å². The van der Waals surface area contributed by atoms with Crippen LogP contribution >= 0.6 is 11.6 Å². The number of pyridine rings is 1. The summed E-state index contributed by atoms with van der Waals surface area (Å²) in [4.78, 5) is 15.1. The summed E-state index contributed by atoms with van der Waals surface area (Å²) in [6, 6.07) is 11.9. The van der Waals surface area contributed by atoms with Crippen LogP contribution in [0.3, 0.4) is 0 Å². The molecule has 3 aromatic rings. The smallest absolute Gasteiger partial charge is 0.161 e. The molecule has 1 aliphatic rings. The maximum atomic E-state index is 6.37. The van der Waals surface area contributed by atoms with Gasteiger partial charge in [-0.25, -0.2) is 15.0 Å². The van der Waals surface area contributed by atoms with Crippen LogP contribution in [0.25, 0.3) is 0 Å². The molecule has 6 nitrogen and oxygen atoms in total. The summed E-state index contributed by atoms with van der Waals surface area (Å²) < 4.78 is 0. The third-order valence-corrected chi connectivity index (χ3v) is 4.43. The Morgan fingerprint density at radius 3 is 2.80 bits per heavy atom. The van der Waals surface area contributed by atoms with Crippen LogP contribution in [0.4, 0.5) is 28.8 Å². The van der Waals surface area contributed by atoms with E-state index in [1.165, 1.54) is 11.9 Å². The Hall–Kier alpha value is -2.86. The summed E-state index contributed by atoms with van der Waals surface area (Å²) in [5.74, 6) is 1.86. The molecule has 0 fully saturated rings. The largest absolute Gasteiger partial charge is 0.393 e. The fourth-order valence-corrected chi connectivity index (χ4v) is 3.14. The topological polar surface area (TPSA) is 80.0 Å². The fraction of sp³-hybridized carbons (Fsp3) is 0.167. The molecule has 0 aliphatic carbocycles. The van der Waals surface area contributed by atoms with E-state index in [1.54, 1.807) is 18.3 Å². The van der Waals surface area contributed by atoms with Crippen LogP contribution in [0.1, 0.15) is 12.0 Å². The third-order valence-electron chi connectivity index (χ3n) is 4.20. The Labute approximate surface area is 150 Å². The van der Waals surface area contributed by atoms with E-state index in [2.05, 4.69) is 43.4 Å². The molecule has 25 heavy (non-hydrogen) atoms. The minimum Gasteiger partial charge on any atom is -0.393 e. The molecule has 1 aromatic carbocycles. The molecule has 0 bridgehead atoms. The lowest BCUT2D eigenvalue weighted by Crippen LogP contribution is -2.26. The second kappa shape index (κ2) is 6.57. The quantitative estimate of drug-likeness (QED) is 0.743. The molecule has 3 heterocycles. The van der Waals surface area contributed by atoms with Crippen molar-refractivity contribution in [3.63, 3.8) is 0 Å². The Kier molecular flexibility index (Phi) is 4.11. The first-order valence-electron chi connectivity index (χ1n) is 8.07. The number of aromatic nitrogens is 3. The van der Waals surface area contributed by atoms with E-state index in [9.17, 15) is 0 Å². The van der Waals surface area contributed by atoms with Crippen LogP contribution in [-0.4, -0.2) is 21.5 Å². The molecule has 1 aliphatic heterocycles. The van der Waals surface area contributed by atoms with Crippen molar-refractivity contribution in [1.29, 1.82) is 0 Å². The number of benzene rings is 1. The number of nitrogens with two attached hydrogens (primary N) is 1. The molecule has 4 rings (SSSR count). The van der Waals surface area contributed by atoms with E-state index < -0.39 is 0 Å². The van der Waals surface area contributed by atoms with Gasteiger partial charge in [-0.3, -0.25) is 0 Å². The minimum absolute atomic E-state index is 0.496. The molecular formula is C18H17ClN6. The van der Waals surface area contributed by atoms with Gasteiger partial charge in [0.25, 0.3) is 0 Å². The summed E-state index contributed by atoms with van der Waals surface area (Å²) >= 11 is 5.87. The van der Waals surface area contributed by atoms with Crippen molar-refractivity contribution < 1.29 is 0 Å². The van der Waals surface area contributed by atoms with Crippen LogP contribution < -0.4 is 16.0 Å². The molecule has 0 spiro atoms. The lowest BCUT2D eigenvalue weighted by atomic mass is 10.0.